The molecule has 1 spiro atoms. The van der Waals surface area contributed by atoms with Gasteiger partial charge in [-0.25, -0.2) is 0 Å². The first-order valence-corrected chi connectivity index (χ1v) is 7.31. The molecule has 0 bridgehead atoms. The second kappa shape index (κ2) is 4.72. The molecule has 2 aliphatic heterocycles. The van der Waals surface area contributed by atoms with Crippen LogP contribution in [0.5, 0.6) is 0 Å². The Balaban J connectivity index is 1.43. The average Bonchev–Trinajstić information content (AvgIpc) is 2.94. The highest BCUT2D eigenvalue weighted by molar-refractivity contribution is 5.82. The fourth-order valence-electron chi connectivity index (χ4n) is 3.40. The molecular weight excluding hydrogens is 244 g/mol. The van der Waals surface area contributed by atoms with Crippen LogP contribution in [0.4, 0.5) is 0 Å². The van der Waals surface area contributed by atoms with Crippen LogP contribution >= 0.6 is 0 Å². The highest BCUT2D eigenvalue weighted by Gasteiger charge is 2.57. The predicted octanol–water partition coefficient (Wildman–Crippen LogP) is 0.644. The van der Waals surface area contributed by atoms with E-state index in [4.69, 9.17) is 9.47 Å². The maximum atomic E-state index is 12.2. The van der Waals surface area contributed by atoms with Gasteiger partial charge in [-0.05, 0) is 51.6 Å². The van der Waals surface area contributed by atoms with Gasteiger partial charge in [0.05, 0.1) is 6.61 Å². The van der Waals surface area contributed by atoms with Gasteiger partial charge < -0.3 is 20.1 Å². The van der Waals surface area contributed by atoms with E-state index in [0.717, 1.165) is 32.4 Å². The second-order valence-corrected chi connectivity index (χ2v) is 6.56. The summed E-state index contributed by atoms with van der Waals surface area (Å²) in [6, 6.07) is 0. The number of nitrogens with one attached hydrogen (secondary N) is 2. The Labute approximate surface area is 114 Å². The zero-order valence-electron chi connectivity index (χ0n) is 11.8. The summed E-state index contributed by atoms with van der Waals surface area (Å²) in [5.41, 5.74) is 0.307. The number of hydrogen-bond acceptors (Lipinski definition) is 4. The van der Waals surface area contributed by atoms with Crippen molar-refractivity contribution in [3.8, 4) is 0 Å². The second-order valence-electron chi connectivity index (χ2n) is 6.56. The first kappa shape index (κ1) is 13.3. The number of carbonyl (C=O) groups is 1. The molecule has 3 rings (SSSR count). The highest BCUT2D eigenvalue weighted by Crippen LogP contribution is 2.58. The fourth-order valence-corrected chi connectivity index (χ4v) is 3.40. The topological polar surface area (TPSA) is 59.6 Å². The van der Waals surface area contributed by atoms with E-state index in [0.29, 0.717) is 18.6 Å². The molecule has 3 aliphatic rings. The van der Waals surface area contributed by atoms with E-state index in [1.165, 1.54) is 0 Å². The summed E-state index contributed by atoms with van der Waals surface area (Å²) >= 11 is 0. The molecule has 2 unspecified atom stereocenters. The van der Waals surface area contributed by atoms with Crippen molar-refractivity contribution >= 4 is 5.91 Å². The maximum Gasteiger partial charge on any atom is 0.223 e. The molecule has 2 atom stereocenters. The Morgan fingerprint density at radius 3 is 2.74 bits per heavy atom. The minimum absolute atomic E-state index is 0.0123. The van der Waals surface area contributed by atoms with Gasteiger partial charge in [0.2, 0.25) is 5.91 Å². The molecule has 19 heavy (non-hydrogen) atoms. The number of piperidine rings is 1. The van der Waals surface area contributed by atoms with Crippen molar-refractivity contribution < 1.29 is 14.3 Å². The van der Waals surface area contributed by atoms with Crippen molar-refractivity contribution in [3.05, 3.63) is 0 Å². The fraction of sp³-hybridized carbons (Fsp3) is 0.929. The van der Waals surface area contributed by atoms with Crippen molar-refractivity contribution in [2.24, 2.45) is 11.3 Å². The molecule has 0 aromatic carbocycles. The summed E-state index contributed by atoms with van der Waals surface area (Å²) in [6.45, 7) is 7.04. The Kier molecular flexibility index (Phi) is 3.31. The molecule has 1 saturated carbocycles. The smallest absolute Gasteiger partial charge is 0.223 e. The zero-order chi connectivity index (χ0) is 13.5. The SMILES string of the molecule is CC1(C)OCC(CNC(=O)C2CC23CCNCC3)O1. The number of carbonyl (C=O) groups excluding carboxylic acids is 1. The number of amides is 1. The van der Waals surface area contributed by atoms with Gasteiger partial charge in [0.25, 0.3) is 0 Å². The molecule has 3 fully saturated rings. The van der Waals surface area contributed by atoms with Crippen LogP contribution in [0.3, 0.4) is 0 Å². The van der Waals surface area contributed by atoms with Crippen LogP contribution in [0.25, 0.3) is 0 Å². The third-order valence-electron chi connectivity index (χ3n) is 4.68. The standard InChI is InChI=1S/C14H24N2O3/c1-13(2)18-9-10(19-13)8-16-12(17)11-7-14(11)3-5-15-6-4-14/h10-11,15H,3-9H2,1-2H3,(H,16,17). The minimum Gasteiger partial charge on any atom is -0.353 e. The molecule has 5 heteroatoms. The van der Waals surface area contributed by atoms with Crippen LogP contribution in [-0.4, -0.2) is 44.0 Å². The number of rotatable bonds is 3. The number of hydrogen-bond donors (Lipinski definition) is 2. The lowest BCUT2D eigenvalue weighted by Crippen LogP contribution is -2.37. The van der Waals surface area contributed by atoms with Gasteiger partial charge in [0.1, 0.15) is 6.10 Å². The lowest BCUT2D eigenvalue weighted by atomic mass is 9.92. The summed E-state index contributed by atoms with van der Waals surface area (Å²) in [5, 5.41) is 6.39. The van der Waals surface area contributed by atoms with E-state index in [2.05, 4.69) is 10.6 Å². The number of ether oxygens (including phenoxy) is 2. The quantitative estimate of drug-likeness (QED) is 0.789. The molecule has 2 N–H and O–H groups in total. The first-order chi connectivity index (χ1) is 9.01. The summed E-state index contributed by atoms with van der Waals surface area (Å²) in [6.07, 6.45) is 3.33. The molecule has 1 amide bonds. The molecule has 1 aliphatic carbocycles. The molecule has 108 valence electrons. The van der Waals surface area contributed by atoms with Crippen LogP contribution in [0.1, 0.15) is 33.1 Å². The summed E-state index contributed by atoms with van der Waals surface area (Å²) < 4.78 is 11.2. The van der Waals surface area contributed by atoms with E-state index in [1.807, 2.05) is 13.8 Å². The lowest BCUT2D eigenvalue weighted by Gasteiger charge is -2.23. The largest absolute Gasteiger partial charge is 0.353 e. The normalized spacial score (nSPS) is 35.3. The van der Waals surface area contributed by atoms with Crippen LogP contribution < -0.4 is 10.6 Å². The van der Waals surface area contributed by atoms with Crippen molar-refractivity contribution in [1.29, 1.82) is 0 Å². The first-order valence-electron chi connectivity index (χ1n) is 7.31. The van der Waals surface area contributed by atoms with Crippen LogP contribution in [0.15, 0.2) is 0 Å². The Hall–Kier alpha value is -0.650. The van der Waals surface area contributed by atoms with E-state index < -0.39 is 5.79 Å². The highest BCUT2D eigenvalue weighted by atomic mass is 16.7. The van der Waals surface area contributed by atoms with E-state index in [1.54, 1.807) is 0 Å². The van der Waals surface area contributed by atoms with Crippen molar-refractivity contribution in [3.63, 3.8) is 0 Å². The zero-order valence-corrected chi connectivity index (χ0v) is 11.8. The predicted molar refractivity (Wildman–Crippen MR) is 70.6 cm³/mol. The monoisotopic (exact) mass is 268 g/mol. The van der Waals surface area contributed by atoms with Crippen molar-refractivity contribution in [1.82, 2.24) is 10.6 Å². The third kappa shape index (κ3) is 2.78. The molecule has 0 aromatic rings. The maximum absolute atomic E-state index is 12.2. The van der Waals surface area contributed by atoms with Gasteiger partial charge in [-0.1, -0.05) is 0 Å². The lowest BCUT2D eigenvalue weighted by molar-refractivity contribution is -0.139. The molecule has 5 nitrogen and oxygen atoms in total. The Bertz CT molecular complexity index is 364. The summed E-state index contributed by atoms with van der Waals surface area (Å²) in [5.74, 6) is -0.0780. The van der Waals surface area contributed by atoms with Gasteiger partial charge in [0, 0.05) is 12.5 Å². The van der Waals surface area contributed by atoms with Gasteiger partial charge in [-0.2, -0.15) is 0 Å². The molecule has 0 radical (unpaired) electrons. The van der Waals surface area contributed by atoms with Crippen LogP contribution in [0, 0.1) is 11.3 Å². The molecular formula is C14H24N2O3. The van der Waals surface area contributed by atoms with Crippen LogP contribution in [-0.2, 0) is 14.3 Å². The third-order valence-corrected chi connectivity index (χ3v) is 4.68. The van der Waals surface area contributed by atoms with Crippen molar-refractivity contribution in [2.75, 3.05) is 26.2 Å². The van der Waals surface area contributed by atoms with Gasteiger partial charge >= 0.3 is 0 Å². The minimum atomic E-state index is -0.509. The average molecular weight is 268 g/mol. The van der Waals surface area contributed by atoms with E-state index in [9.17, 15) is 4.79 Å². The summed E-state index contributed by atoms with van der Waals surface area (Å²) in [7, 11) is 0. The van der Waals surface area contributed by atoms with E-state index >= 15 is 0 Å². The molecule has 0 aromatic heterocycles. The molecule has 2 heterocycles. The van der Waals surface area contributed by atoms with Crippen LogP contribution in [0.2, 0.25) is 0 Å². The Morgan fingerprint density at radius 2 is 2.11 bits per heavy atom. The van der Waals surface area contributed by atoms with Gasteiger partial charge in [-0.15, -0.1) is 0 Å². The summed E-state index contributed by atoms with van der Waals surface area (Å²) in [4.78, 5) is 12.2. The Morgan fingerprint density at radius 1 is 1.37 bits per heavy atom. The molecule has 2 saturated heterocycles. The van der Waals surface area contributed by atoms with Crippen molar-refractivity contribution in [2.45, 2.75) is 45.0 Å². The van der Waals surface area contributed by atoms with E-state index in [-0.39, 0.29) is 17.9 Å². The van der Waals surface area contributed by atoms with Gasteiger partial charge in [0.15, 0.2) is 5.79 Å². The van der Waals surface area contributed by atoms with Gasteiger partial charge in [-0.3, -0.25) is 4.79 Å².